The Hall–Kier alpha value is -0.830. The number of rotatable bonds is 5. The zero-order valence-electron chi connectivity index (χ0n) is 7.21. The summed E-state index contributed by atoms with van der Waals surface area (Å²) in [5.74, 6) is 1.03. The number of nitrogens with zero attached hydrogens (tertiary/aromatic N) is 1. The second-order valence-corrected chi connectivity index (χ2v) is 3.49. The summed E-state index contributed by atoms with van der Waals surface area (Å²) in [6.07, 6.45) is 6.03. The van der Waals surface area contributed by atoms with Gasteiger partial charge in [-0.1, -0.05) is 12.8 Å². The first kappa shape index (κ1) is 7.80. The van der Waals surface area contributed by atoms with Gasteiger partial charge in [-0.3, -0.25) is 5.10 Å². The average molecular weight is 165 g/mol. The van der Waals surface area contributed by atoms with Gasteiger partial charge in [-0.15, -0.1) is 0 Å². The van der Waals surface area contributed by atoms with Crippen molar-refractivity contribution in [2.75, 3.05) is 6.54 Å². The number of aromatic nitrogens is 2. The number of H-pyrrole nitrogens is 1. The maximum Gasteiger partial charge on any atom is 0.0490 e. The summed E-state index contributed by atoms with van der Waals surface area (Å²) in [6.45, 7) is 2.07. The van der Waals surface area contributed by atoms with Gasteiger partial charge in [0.05, 0.1) is 0 Å². The second-order valence-electron chi connectivity index (χ2n) is 3.49. The fraction of sp³-hybridized carbons (Fsp3) is 0.667. The molecular formula is C9H15N3. The highest BCUT2D eigenvalue weighted by Crippen LogP contribution is 2.31. The summed E-state index contributed by atoms with van der Waals surface area (Å²) in [5.41, 5.74) is 1.17. The van der Waals surface area contributed by atoms with Crippen LogP contribution in [0.3, 0.4) is 0 Å². The van der Waals surface area contributed by atoms with Crippen LogP contribution in [0.15, 0.2) is 12.3 Å². The molecule has 1 aromatic heterocycles. The fourth-order valence-corrected chi connectivity index (χ4v) is 1.32. The van der Waals surface area contributed by atoms with E-state index in [1.54, 1.807) is 6.20 Å². The first-order valence-corrected chi connectivity index (χ1v) is 4.64. The van der Waals surface area contributed by atoms with Crippen molar-refractivity contribution in [2.24, 2.45) is 5.92 Å². The van der Waals surface area contributed by atoms with Crippen molar-refractivity contribution >= 4 is 0 Å². The minimum absolute atomic E-state index is 0.923. The Bertz CT molecular complexity index is 214. The molecule has 3 nitrogen and oxygen atoms in total. The van der Waals surface area contributed by atoms with Crippen molar-refractivity contribution in [1.29, 1.82) is 0 Å². The first-order chi connectivity index (χ1) is 5.95. The minimum Gasteiger partial charge on any atom is -0.311 e. The topological polar surface area (TPSA) is 40.7 Å². The van der Waals surface area contributed by atoms with Gasteiger partial charge in [0.1, 0.15) is 0 Å². The number of hydrogen-bond donors (Lipinski definition) is 2. The lowest BCUT2D eigenvalue weighted by Crippen LogP contribution is -2.15. The normalized spacial score (nSPS) is 16.7. The Labute approximate surface area is 72.6 Å². The lowest BCUT2D eigenvalue weighted by atomic mass is 10.3. The Morgan fingerprint density at radius 2 is 2.50 bits per heavy atom. The van der Waals surface area contributed by atoms with Crippen LogP contribution in [0.2, 0.25) is 0 Å². The SMILES string of the molecule is c1cc(CNCCC2CC2)[nH]n1. The average Bonchev–Trinajstić information content (AvgIpc) is 2.76. The summed E-state index contributed by atoms with van der Waals surface area (Å²) < 4.78 is 0. The van der Waals surface area contributed by atoms with Crippen molar-refractivity contribution in [1.82, 2.24) is 15.5 Å². The summed E-state index contributed by atoms with van der Waals surface area (Å²) in [5, 5.41) is 10.2. The van der Waals surface area contributed by atoms with Crippen LogP contribution in [-0.4, -0.2) is 16.7 Å². The molecule has 66 valence electrons. The van der Waals surface area contributed by atoms with Gasteiger partial charge in [-0.2, -0.15) is 5.10 Å². The van der Waals surface area contributed by atoms with Crippen LogP contribution in [0, 0.1) is 5.92 Å². The predicted molar refractivity (Wildman–Crippen MR) is 47.6 cm³/mol. The molecule has 12 heavy (non-hydrogen) atoms. The molecule has 1 heterocycles. The Morgan fingerprint density at radius 1 is 1.58 bits per heavy atom. The van der Waals surface area contributed by atoms with Crippen molar-refractivity contribution in [3.8, 4) is 0 Å². The summed E-state index contributed by atoms with van der Waals surface area (Å²) >= 11 is 0. The van der Waals surface area contributed by atoms with E-state index in [1.807, 2.05) is 6.07 Å². The molecule has 0 spiro atoms. The van der Waals surface area contributed by atoms with Crippen LogP contribution in [0.5, 0.6) is 0 Å². The zero-order valence-corrected chi connectivity index (χ0v) is 7.21. The molecule has 0 aliphatic heterocycles. The number of nitrogens with one attached hydrogen (secondary N) is 2. The Kier molecular flexibility index (Phi) is 2.42. The highest BCUT2D eigenvalue weighted by Gasteiger charge is 2.19. The van der Waals surface area contributed by atoms with Crippen LogP contribution < -0.4 is 5.32 Å². The second kappa shape index (κ2) is 3.72. The molecule has 1 aromatic rings. The molecule has 3 heteroatoms. The lowest BCUT2D eigenvalue weighted by Gasteiger charge is -2.00. The summed E-state index contributed by atoms with van der Waals surface area (Å²) in [4.78, 5) is 0. The van der Waals surface area contributed by atoms with Gasteiger partial charge in [0, 0.05) is 18.4 Å². The van der Waals surface area contributed by atoms with Crippen molar-refractivity contribution < 1.29 is 0 Å². The lowest BCUT2D eigenvalue weighted by molar-refractivity contribution is 0.606. The number of aromatic amines is 1. The van der Waals surface area contributed by atoms with Gasteiger partial charge in [0.2, 0.25) is 0 Å². The third-order valence-electron chi connectivity index (χ3n) is 2.30. The summed E-state index contributed by atoms with van der Waals surface area (Å²) in [6, 6.07) is 2.00. The Morgan fingerprint density at radius 3 is 3.17 bits per heavy atom. The smallest absolute Gasteiger partial charge is 0.0490 e. The van der Waals surface area contributed by atoms with E-state index in [0.717, 1.165) is 19.0 Å². The van der Waals surface area contributed by atoms with E-state index in [0.29, 0.717) is 0 Å². The first-order valence-electron chi connectivity index (χ1n) is 4.64. The third kappa shape index (κ3) is 2.34. The Balaban J connectivity index is 1.56. The molecule has 1 fully saturated rings. The van der Waals surface area contributed by atoms with Crippen molar-refractivity contribution in [3.05, 3.63) is 18.0 Å². The van der Waals surface area contributed by atoms with E-state index in [1.165, 1.54) is 25.0 Å². The van der Waals surface area contributed by atoms with Gasteiger partial charge >= 0.3 is 0 Å². The van der Waals surface area contributed by atoms with Crippen LogP contribution in [0.4, 0.5) is 0 Å². The van der Waals surface area contributed by atoms with E-state index in [-0.39, 0.29) is 0 Å². The van der Waals surface area contributed by atoms with Crippen LogP contribution in [0.1, 0.15) is 25.0 Å². The zero-order chi connectivity index (χ0) is 8.23. The highest BCUT2D eigenvalue weighted by atomic mass is 15.1. The van der Waals surface area contributed by atoms with Gasteiger partial charge in [-0.05, 0) is 24.9 Å². The molecule has 2 N–H and O–H groups in total. The van der Waals surface area contributed by atoms with E-state index in [9.17, 15) is 0 Å². The molecule has 0 amide bonds. The van der Waals surface area contributed by atoms with Gasteiger partial charge in [-0.25, -0.2) is 0 Å². The fourth-order valence-electron chi connectivity index (χ4n) is 1.32. The van der Waals surface area contributed by atoms with Crippen LogP contribution >= 0.6 is 0 Å². The minimum atomic E-state index is 0.923. The molecule has 0 atom stereocenters. The molecule has 0 aromatic carbocycles. The molecular weight excluding hydrogens is 150 g/mol. The largest absolute Gasteiger partial charge is 0.311 e. The monoisotopic (exact) mass is 165 g/mol. The molecule has 1 saturated carbocycles. The molecule has 0 unspecified atom stereocenters. The maximum atomic E-state index is 3.88. The van der Waals surface area contributed by atoms with Crippen molar-refractivity contribution in [3.63, 3.8) is 0 Å². The standard InChI is InChI=1S/C9H15N3/c1-2-8(1)3-5-10-7-9-4-6-11-12-9/h4,6,8,10H,1-3,5,7H2,(H,11,12). The van der Waals surface area contributed by atoms with E-state index in [2.05, 4.69) is 15.5 Å². The molecule has 0 bridgehead atoms. The molecule has 0 radical (unpaired) electrons. The highest BCUT2D eigenvalue weighted by molar-refractivity contribution is 4.96. The predicted octanol–water partition coefficient (Wildman–Crippen LogP) is 1.30. The molecule has 1 aliphatic rings. The van der Waals surface area contributed by atoms with Crippen LogP contribution in [-0.2, 0) is 6.54 Å². The van der Waals surface area contributed by atoms with E-state index >= 15 is 0 Å². The number of hydrogen-bond acceptors (Lipinski definition) is 2. The van der Waals surface area contributed by atoms with Crippen LogP contribution in [0.25, 0.3) is 0 Å². The summed E-state index contributed by atoms with van der Waals surface area (Å²) in [7, 11) is 0. The molecule has 0 saturated heterocycles. The molecule has 1 aliphatic carbocycles. The molecule has 2 rings (SSSR count). The third-order valence-corrected chi connectivity index (χ3v) is 2.30. The van der Waals surface area contributed by atoms with E-state index in [4.69, 9.17) is 0 Å². The van der Waals surface area contributed by atoms with Gasteiger partial charge < -0.3 is 5.32 Å². The van der Waals surface area contributed by atoms with Gasteiger partial charge in [0.25, 0.3) is 0 Å². The van der Waals surface area contributed by atoms with Gasteiger partial charge in [0.15, 0.2) is 0 Å². The quantitative estimate of drug-likeness (QED) is 0.646. The maximum absolute atomic E-state index is 3.88. The van der Waals surface area contributed by atoms with E-state index < -0.39 is 0 Å². The van der Waals surface area contributed by atoms with Crippen molar-refractivity contribution in [2.45, 2.75) is 25.8 Å².